The van der Waals surface area contributed by atoms with E-state index < -0.39 is 0 Å². The molecule has 19 heavy (non-hydrogen) atoms. The van der Waals surface area contributed by atoms with Crippen molar-refractivity contribution in [2.75, 3.05) is 18.1 Å². The quantitative estimate of drug-likeness (QED) is 0.828. The maximum Gasteiger partial charge on any atom is 0.0862 e. The number of ether oxygens (including phenoxy) is 1. The molecule has 3 heterocycles. The van der Waals surface area contributed by atoms with Gasteiger partial charge in [-0.1, -0.05) is 31.5 Å². The molecule has 1 saturated heterocycles. The number of hydrogen-bond donors (Lipinski definition) is 0. The number of hydrogen-bond acceptors (Lipinski definition) is 3. The number of fused-ring (bicyclic) bond motifs is 3. The lowest BCUT2D eigenvalue weighted by Crippen LogP contribution is -2.61. The van der Waals surface area contributed by atoms with E-state index >= 15 is 0 Å². The molecule has 1 aromatic heterocycles. The maximum absolute atomic E-state index is 6.14. The number of rotatable bonds is 2. The summed E-state index contributed by atoms with van der Waals surface area (Å²) in [5.74, 6) is 0. The summed E-state index contributed by atoms with van der Waals surface area (Å²) in [4.78, 5) is 6.92. The molecule has 0 bridgehead atoms. The van der Waals surface area contributed by atoms with Crippen LogP contribution >= 0.6 is 11.6 Å². The number of aromatic nitrogens is 1. The lowest BCUT2D eigenvalue weighted by atomic mass is 9.86. The minimum Gasteiger partial charge on any atom is -0.377 e. The predicted octanol–water partition coefficient (Wildman–Crippen LogP) is 3.53. The second-order valence-corrected chi connectivity index (χ2v) is 5.74. The van der Waals surface area contributed by atoms with E-state index in [4.69, 9.17) is 16.3 Å². The first-order valence-corrected chi connectivity index (χ1v) is 7.29. The highest BCUT2D eigenvalue weighted by molar-refractivity contribution is 6.30. The van der Waals surface area contributed by atoms with Crippen molar-refractivity contribution in [3.63, 3.8) is 0 Å². The molecule has 0 amide bonds. The number of nitrogens with zero attached hydrogens (tertiary/aromatic N) is 2. The van der Waals surface area contributed by atoms with E-state index in [-0.39, 0.29) is 5.54 Å². The Morgan fingerprint density at radius 3 is 3.00 bits per heavy atom. The molecule has 2 aliphatic rings. The van der Waals surface area contributed by atoms with Crippen molar-refractivity contribution in [3.8, 4) is 0 Å². The molecule has 1 atom stereocenters. The van der Waals surface area contributed by atoms with Gasteiger partial charge < -0.3 is 9.64 Å². The topological polar surface area (TPSA) is 25.4 Å². The summed E-state index contributed by atoms with van der Waals surface area (Å²) < 4.78 is 5.84. The number of pyridine rings is 1. The van der Waals surface area contributed by atoms with Crippen molar-refractivity contribution >= 4 is 23.4 Å². The molecule has 4 heteroatoms. The number of halogens is 1. The molecule has 0 N–H and O–H groups in total. The highest BCUT2D eigenvalue weighted by atomic mass is 35.5. The molecule has 1 fully saturated rings. The van der Waals surface area contributed by atoms with Gasteiger partial charge in [0.1, 0.15) is 0 Å². The fourth-order valence-electron chi connectivity index (χ4n) is 3.20. The van der Waals surface area contributed by atoms with Crippen molar-refractivity contribution in [1.82, 2.24) is 4.98 Å². The summed E-state index contributed by atoms with van der Waals surface area (Å²) in [5, 5.41) is 0.695. The Hall–Kier alpha value is -1.06. The van der Waals surface area contributed by atoms with Crippen LogP contribution < -0.4 is 4.90 Å². The Morgan fingerprint density at radius 1 is 1.47 bits per heavy atom. The molecule has 0 radical (unpaired) electrons. The second-order valence-electron chi connectivity index (χ2n) is 5.30. The van der Waals surface area contributed by atoms with E-state index in [1.807, 2.05) is 6.07 Å². The molecule has 0 aromatic carbocycles. The van der Waals surface area contributed by atoms with Crippen LogP contribution in [0.25, 0.3) is 6.08 Å². The van der Waals surface area contributed by atoms with Gasteiger partial charge in [-0.2, -0.15) is 0 Å². The third-order valence-corrected chi connectivity index (χ3v) is 4.62. The normalized spacial score (nSPS) is 23.9. The van der Waals surface area contributed by atoms with Crippen LogP contribution in [0.2, 0.25) is 5.02 Å². The van der Waals surface area contributed by atoms with Gasteiger partial charge in [-0.3, -0.25) is 4.98 Å². The fourth-order valence-corrected chi connectivity index (χ4v) is 3.35. The average Bonchev–Trinajstić information content (AvgIpc) is 2.46. The molecular formula is C15H19ClN2O. The fraction of sp³-hybridized carbons (Fsp3) is 0.533. The molecule has 3 rings (SSSR count). The van der Waals surface area contributed by atoms with Gasteiger partial charge in [0.2, 0.25) is 0 Å². The molecule has 2 aliphatic heterocycles. The first-order chi connectivity index (χ1) is 9.20. The highest BCUT2D eigenvalue weighted by Gasteiger charge is 2.43. The van der Waals surface area contributed by atoms with Crippen LogP contribution in [-0.4, -0.2) is 29.8 Å². The van der Waals surface area contributed by atoms with Crippen molar-refractivity contribution in [2.45, 2.75) is 38.3 Å². The summed E-state index contributed by atoms with van der Waals surface area (Å²) >= 11 is 6.14. The van der Waals surface area contributed by atoms with Crippen LogP contribution in [0.15, 0.2) is 18.3 Å². The van der Waals surface area contributed by atoms with Crippen molar-refractivity contribution in [3.05, 3.63) is 29.1 Å². The maximum atomic E-state index is 6.14. The molecule has 102 valence electrons. The first kappa shape index (κ1) is 12.9. The monoisotopic (exact) mass is 278 g/mol. The van der Waals surface area contributed by atoms with Crippen LogP contribution in [0.1, 0.15) is 32.4 Å². The van der Waals surface area contributed by atoms with E-state index in [9.17, 15) is 0 Å². The van der Waals surface area contributed by atoms with E-state index in [0.29, 0.717) is 11.1 Å². The van der Waals surface area contributed by atoms with Crippen LogP contribution in [0.3, 0.4) is 0 Å². The lowest BCUT2D eigenvalue weighted by Gasteiger charge is -2.52. The van der Waals surface area contributed by atoms with E-state index in [2.05, 4.69) is 35.9 Å². The summed E-state index contributed by atoms with van der Waals surface area (Å²) in [5.41, 5.74) is 2.20. The zero-order valence-corrected chi connectivity index (χ0v) is 12.2. The van der Waals surface area contributed by atoms with Crippen LogP contribution in [0, 0.1) is 0 Å². The smallest absolute Gasteiger partial charge is 0.0862 e. The van der Waals surface area contributed by atoms with Crippen molar-refractivity contribution < 1.29 is 4.74 Å². The standard InChI is InChI=1S/C15H19ClN2O/c1-3-15(4-2)10-19-9-12-5-6-13-14(18(12)15)7-11(16)8-17-13/h5-8,12H,3-4,9-10H2,1-2H3. The minimum absolute atomic E-state index is 0.0504. The van der Waals surface area contributed by atoms with Gasteiger partial charge in [-0.25, -0.2) is 0 Å². The Morgan fingerprint density at radius 2 is 2.26 bits per heavy atom. The minimum atomic E-state index is 0.0504. The third kappa shape index (κ3) is 1.96. The largest absolute Gasteiger partial charge is 0.377 e. The first-order valence-electron chi connectivity index (χ1n) is 6.91. The Bertz CT molecular complexity index is 511. The van der Waals surface area contributed by atoms with E-state index in [1.165, 1.54) is 0 Å². The Kier molecular flexibility index (Phi) is 3.27. The van der Waals surface area contributed by atoms with E-state index in [0.717, 1.165) is 37.4 Å². The van der Waals surface area contributed by atoms with Gasteiger partial charge in [0.15, 0.2) is 0 Å². The number of anilines is 1. The van der Waals surface area contributed by atoms with E-state index in [1.54, 1.807) is 6.20 Å². The SMILES string of the molecule is CCC1(CC)COCC2C=Cc3ncc(Cl)cc3N21. The number of morpholine rings is 1. The second kappa shape index (κ2) is 4.80. The summed E-state index contributed by atoms with van der Waals surface area (Å²) in [6, 6.07) is 2.33. The van der Waals surface area contributed by atoms with Gasteiger partial charge in [-0.15, -0.1) is 0 Å². The van der Waals surface area contributed by atoms with Gasteiger partial charge in [0.25, 0.3) is 0 Å². The van der Waals surface area contributed by atoms with Crippen molar-refractivity contribution in [2.24, 2.45) is 0 Å². The van der Waals surface area contributed by atoms with Gasteiger partial charge in [0.05, 0.1) is 41.2 Å². The molecule has 3 nitrogen and oxygen atoms in total. The van der Waals surface area contributed by atoms with Crippen LogP contribution in [0.4, 0.5) is 5.69 Å². The predicted molar refractivity (Wildman–Crippen MR) is 78.7 cm³/mol. The Labute approximate surface area is 119 Å². The molecular weight excluding hydrogens is 260 g/mol. The van der Waals surface area contributed by atoms with Crippen LogP contribution in [0.5, 0.6) is 0 Å². The van der Waals surface area contributed by atoms with Crippen LogP contribution in [-0.2, 0) is 4.74 Å². The molecule has 0 spiro atoms. The Balaban J connectivity index is 2.13. The summed E-state index contributed by atoms with van der Waals surface area (Å²) in [6.45, 7) is 5.97. The highest BCUT2D eigenvalue weighted by Crippen LogP contribution is 2.40. The molecule has 1 aromatic rings. The van der Waals surface area contributed by atoms with Gasteiger partial charge in [-0.05, 0) is 25.0 Å². The average molecular weight is 279 g/mol. The zero-order chi connectivity index (χ0) is 13.5. The lowest BCUT2D eigenvalue weighted by molar-refractivity contribution is 0.0301. The molecule has 0 saturated carbocycles. The van der Waals surface area contributed by atoms with Gasteiger partial charge >= 0.3 is 0 Å². The molecule has 1 unspecified atom stereocenters. The molecule has 0 aliphatic carbocycles. The van der Waals surface area contributed by atoms with Gasteiger partial charge in [0, 0.05) is 6.20 Å². The van der Waals surface area contributed by atoms with Crippen molar-refractivity contribution in [1.29, 1.82) is 0 Å². The third-order valence-electron chi connectivity index (χ3n) is 4.42. The summed E-state index contributed by atoms with van der Waals surface area (Å²) in [7, 11) is 0. The zero-order valence-electron chi connectivity index (χ0n) is 11.4. The summed E-state index contributed by atoms with van der Waals surface area (Å²) in [6.07, 6.45) is 8.10.